The van der Waals surface area contributed by atoms with Gasteiger partial charge >= 0.3 is 0 Å². The maximum absolute atomic E-state index is 10.8. The van der Waals surface area contributed by atoms with Gasteiger partial charge in [-0.05, 0) is 42.3 Å². The van der Waals surface area contributed by atoms with Crippen LogP contribution in [0.1, 0.15) is 11.1 Å². The molecule has 1 aromatic heterocycles. The number of imidazole rings is 1. The van der Waals surface area contributed by atoms with E-state index < -0.39 is 0 Å². The largest absolute Gasteiger partial charge is 1.00 e. The smallest absolute Gasteiger partial charge is 0.269 e. The van der Waals surface area contributed by atoms with Gasteiger partial charge in [-0.2, -0.15) is 0 Å². The number of benzene rings is 2. The summed E-state index contributed by atoms with van der Waals surface area (Å²) < 4.78 is 9.52. The van der Waals surface area contributed by atoms with Crippen molar-refractivity contribution in [1.82, 2.24) is 4.57 Å². The molecule has 0 bridgehead atoms. The molecule has 0 aliphatic rings. The number of non-ortho nitro benzene ring substituents is 1. The number of hydrogen-bond acceptors (Lipinski definition) is 3. The number of ether oxygens (including phenoxy) is 1. The quantitative estimate of drug-likeness (QED) is 0.348. The lowest BCUT2D eigenvalue weighted by Gasteiger charge is -1.99. The Morgan fingerprint density at radius 3 is 2.56 bits per heavy atom. The Bertz CT molecular complexity index is 875. The SMILES string of the molecule is COCC[n+]1cn(Cc2ccc([N+](=O)[O-])cc2)c2cc(C)ccc21.[Cl-]. The number of aryl methyl sites for hydroxylation is 1. The normalized spacial score (nSPS) is 10.6. The molecular weight excluding hydrogens is 342 g/mol. The van der Waals surface area contributed by atoms with E-state index >= 15 is 0 Å². The highest BCUT2D eigenvalue weighted by Gasteiger charge is 2.16. The van der Waals surface area contributed by atoms with Crippen molar-refractivity contribution in [3.8, 4) is 0 Å². The van der Waals surface area contributed by atoms with E-state index in [1.807, 2.05) is 0 Å². The van der Waals surface area contributed by atoms with Crippen molar-refractivity contribution in [1.29, 1.82) is 0 Å². The van der Waals surface area contributed by atoms with E-state index in [9.17, 15) is 10.1 Å². The molecule has 0 unspecified atom stereocenters. The van der Waals surface area contributed by atoms with Gasteiger partial charge in [0.15, 0.2) is 11.0 Å². The molecule has 0 saturated heterocycles. The van der Waals surface area contributed by atoms with Crippen LogP contribution in [0.4, 0.5) is 5.69 Å². The van der Waals surface area contributed by atoms with Gasteiger partial charge in [0.05, 0.1) is 11.5 Å². The van der Waals surface area contributed by atoms with E-state index in [1.54, 1.807) is 31.4 Å². The van der Waals surface area contributed by atoms with Gasteiger partial charge in [-0.1, -0.05) is 6.07 Å². The van der Waals surface area contributed by atoms with Crippen LogP contribution in [-0.4, -0.2) is 23.2 Å². The molecule has 0 atom stereocenters. The molecule has 2 aromatic carbocycles. The summed E-state index contributed by atoms with van der Waals surface area (Å²) in [4.78, 5) is 10.4. The molecule has 0 spiro atoms. The minimum absolute atomic E-state index is 0. The second-order valence-corrected chi connectivity index (χ2v) is 5.85. The average molecular weight is 362 g/mol. The number of nitro benzene ring substituents is 1. The highest BCUT2D eigenvalue weighted by atomic mass is 35.5. The predicted molar refractivity (Wildman–Crippen MR) is 90.9 cm³/mol. The van der Waals surface area contributed by atoms with Crippen LogP contribution in [-0.2, 0) is 17.8 Å². The van der Waals surface area contributed by atoms with Crippen molar-refractivity contribution in [2.24, 2.45) is 0 Å². The van der Waals surface area contributed by atoms with Gasteiger partial charge in [0.1, 0.15) is 13.1 Å². The van der Waals surface area contributed by atoms with Crippen LogP contribution in [0.3, 0.4) is 0 Å². The summed E-state index contributed by atoms with van der Waals surface area (Å²) in [6.07, 6.45) is 2.07. The molecule has 0 aliphatic carbocycles. The van der Waals surface area contributed by atoms with Crippen LogP contribution in [0.5, 0.6) is 0 Å². The molecule has 6 nitrogen and oxygen atoms in total. The molecular formula is C18H20ClN3O3. The molecule has 0 radical (unpaired) electrons. The maximum atomic E-state index is 10.8. The number of methoxy groups -OCH3 is 1. The van der Waals surface area contributed by atoms with Gasteiger partial charge in [-0.25, -0.2) is 9.13 Å². The van der Waals surface area contributed by atoms with Gasteiger partial charge in [-0.3, -0.25) is 10.1 Å². The molecule has 0 fully saturated rings. The Labute approximate surface area is 152 Å². The number of nitro groups is 1. The lowest BCUT2D eigenvalue weighted by atomic mass is 10.2. The first-order chi connectivity index (χ1) is 11.6. The lowest BCUT2D eigenvalue weighted by Crippen LogP contribution is -3.00. The zero-order valence-electron chi connectivity index (χ0n) is 14.2. The molecule has 3 rings (SSSR count). The van der Waals surface area contributed by atoms with Gasteiger partial charge in [0.25, 0.3) is 5.69 Å². The number of nitrogens with zero attached hydrogens (tertiary/aromatic N) is 3. The second-order valence-electron chi connectivity index (χ2n) is 5.85. The van der Waals surface area contributed by atoms with Crippen molar-refractivity contribution < 1.29 is 26.6 Å². The Morgan fingerprint density at radius 2 is 1.92 bits per heavy atom. The Kier molecular flexibility index (Phi) is 6.12. The highest BCUT2D eigenvalue weighted by Crippen LogP contribution is 2.17. The number of hydrogen-bond donors (Lipinski definition) is 0. The predicted octanol–water partition coefficient (Wildman–Crippen LogP) is -0.156. The first-order valence-electron chi connectivity index (χ1n) is 7.79. The van der Waals surface area contributed by atoms with Crippen LogP contribution in [0.25, 0.3) is 11.0 Å². The van der Waals surface area contributed by atoms with Crippen molar-refractivity contribution in [3.63, 3.8) is 0 Å². The highest BCUT2D eigenvalue weighted by molar-refractivity contribution is 5.72. The summed E-state index contributed by atoms with van der Waals surface area (Å²) in [5, 5.41) is 10.8. The van der Waals surface area contributed by atoms with Crippen LogP contribution >= 0.6 is 0 Å². The van der Waals surface area contributed by atoms with Crippen molar-refractivity contribution >= 4 is 16.7 Å². The van der Waals surface area contributed by atoms with Crippen molar-refractivity contribution in [3.05, 3.63) is 70.0 Å². The van der Waals surface area contributed by atoms with E-state index in [0.717, 1.165) is 23.1 Å². The Balaban J connectivity index is 0.00000225. The molecule has 132 valence electrons. The summed E-state index contributed by atoms with van der Waals surface area (Å²) in [6.45, 7) is 4.17. The fraction of sp³-hybridized carbons (Fsp3) is 0.278. The van der Waals surface area contributed by atoms with Crippen molar-refractivity contribution in [2.75, 3.05) is 13.7 Å². The molecule has 0 amide bonds. The fourth-order valence-corrected chi connectivity index (χ4v) is 2.81. The Morgan fingerprint density at radius 1 is 1.20 bits per heavy atom. The van der Waals surface area contributed by atoms with Crippen LogP contribution < -0.4 is 17.0 Å². The van der Waals surface area contributed by atoms with Crippen LogP contribution in [0.2, 0.25) is 0 Å². The van der Waals surface area contributed by atoms with E-state index in [1.165, 1.54) is 5.56 Å². The lowest BCUT2D eigenvalue weighted by molar-refractivity contribution is -0.673. The van der Waals surface area contributed by atoms with Crippen LogP contribution in [0.15, 0.2) is 48.8 Å². The third-order valence-corrected chi connectivity index (χ3v) is 4.06. The molecule has 0 aliphatic heterocycles. The zero-order valence-corrected chi connectivity index (χ0v) is 14.9. The van der Waals surface area contributed by atoms with E-state index in [2.05, 4.69) is 40.6 Å². The summed E-state index contributed by atoms with van der Waals surface area (Å²) >= 11 is 0. The van der Waals surface area contributed by atoms with Crippen molar-refractivity contribution in [2.45, 2.75) is 20.0 Å². The second kappa shape index (κ2) is 8.09. The third-order valence-electron chi connectivity index (χ3n) is 4.06. The monoisotopic (exact) mass is 361 g/mol. The molecule has 0 saturated carbocycles. The minimum Gasteiger partial charge on any atom is -1.00 e. The molecule has 3 aromatic rings. The first kappa shape index (κ1) is 18.9. The Hall–Kier alpha value is -2.44. The molecule has 0 N–H and O–H groups in total. The fourth-order valence-electron chi connectivity index (χ4n) is 2.81. The zero-order chi connectivity index (χ0) is 17.1. The number of aromatic nitrogens is 2. The summed E-state index contributed by atoms with van der Waals surface area (Å²) in [7, 11) is 1.70. The van der Waals surface area contributed by atoms with Gasteiger partial charge in [0.2, 0.25) is 6.33 Å². The number of rotatable bonds is 6. The summed E-state index contributed by atoms with van der Waals surface area (Å²) in [5.41, 5.74) is 4.63. The summed E-state index contributed by atoms with van der Waals surface area (Å²) in [6, 6.07) is 13.1. The topological polar surface area (TPSA) is 61.2 Å². The van der Waals surface area contributed by atoms with E-state index in [0.29, 0.717) is 13.2 Å². The minimum atomic E-state index is -0.378. The molecule has 25 heavy (non-hydrogen) atoms. The maximum Gasteiger partial charge on any atom is 0.269 e. The summed E-state index contributed by atoms with van der Waals surface area (Å²) in [5.74, 6) is 0. The standard InChI is InChI=1S/C18H20N3O3.ClH/c1-14-3-8-17-18(11-14)20(13-19(17)9-10-24-2)12-15-4-6-16(7-5-15)21(22)23;/h3-8,11,13H,9-10,12H2,1-2H3;1H/q+1;/p-1. The molecule has 1 heterocycles. The number of fused-ring (bicyclic) bond motifs is 1. The number of halogens is 1. The average Bonchev–Trinajstić information content (AvgIpc) is 2.90. The van der Waals surface area contributed by atoms with E-state index in [4.69, 9.17) is 4.74 Å². The molecule has 7 heteroatoms. The first-order valence-corrected chi connectivity index (χ1v) is 7.79. The van der Waals surface area contributed by atoms with Gasteiger partial charge < -0.3 is 17.1 Å². The van der Waals surface area contributed by atoms with Crippen LogP contribution in [0, 0.1) is 17.0 Å². The van der Waals surface area contributed by atoms with Gasteiger partial charge in [-0.15, -0.1) is 0 Å². The third kappa shape index (κ3) is 4.15. The van der Waals surface area contributed by atoms with Gasteiger partial charge in [0, 0.05) is 19.2 Å². The van der Waals surface area contributed by atoms with E-state index in [-0.39, 0.29) is 23.0 Å².